The molecular weight excluding hydrogens is 258 g/mol. The SMILES string of the molecule is CNc1ccc(Cl)c(-c2ncc3ccccc3n2)c1. The lowest BCUT2D eigenvalue weighted by Gasteiger charge is -2.07. The van der Waals surface area contributed by atoms with Gasteiger partial charge in [-0.05, 0) is 24.3 Å². The standard InChI is InChI=1S/C15H12ClN3/c1-17-11-6-7-13(16)12(8-11)15-18-9-10-4-2-3-5-14(10)19-15/h2-9,17H,1H3. The number of anilines is 1. The van der Waals surface area contributed by atoms with E-state index in [0.717, 1.165) is 22.2 Å². The Morgan fingerprint density at radius 3 is 2.79 bits per heavy atom. The van der Waals surface area contributed by atoms with Crippen molar-refractivity contribution < 1.29 is 0 Å². The average Bonchev–Trinajstić information content (AvgIpc) is 2.47. The second-order valence-corrected chi connectivity index (χ2v) is 4.60. The first-order chi connectivity index (χ1) is 9.28. The van der Waals surface area contributed by atoms with Crippen LogP contribution >= 0.6 is 11.6 Å². The quantitative estimate of drug-likeness (QED) is 0.764. The van der Waals surface area contributed by atoms with E-state index in [4.69, 9.17) is 11.6 Å². The molecule has 19 heavy (non-hydrogen) atoms. The fourth-order valence-corrected chi connectivity index (χ4v) is 2.16. The molecule has 2 aromatic carbocycles. The highest BCUT2D eigenvalue weighted by Crippen LogP contribution is 2.28. The third-order valence-electron chi connectivity index (χ3n) is 2.98. The van der Waals surface area contributed by atoms with Gasteiger partial charge in [-0.1, -0.05) is 29.8 Å². The third kappa shape index (κ3) is 2.25. The molecule has 0 aliphatic heterocycles. The first-order valence-corrected chi connectivity index (χ1v) is 6.35. The molecule has 0 saturated carbocycles. The van der Waals surface area contributed by atoms with Crippen LogP contribution in [0.25, 0.3) is 22.3 Å². The molecule has 0 spiro atoms. The van der Waals surface area contributed by atoms with Crippen LogP contribution < -0.4 is 5.32 Å². The van der Waals surface area contributed by atoms with Crippen molar-refractivity contribution in [2.75, 3.05) is 12.4 Å². The first-order valence-electron chi connectivity index (χ1n) is 5.97. The van der Waals surface area contributed by atoms with E-state index in [1.165, 1.54) is 0 Å². The Hall–Kier alpha value is -2.13. The van der Waals surface area contributed by atoms with Crippen LogP contribution in [-0.2, 0) is 0 Å². The Kier molecular flexibility index (Phi) is 3.05. The number of para-hydroxylation sites is 1. The number of hydrogen-bond donors (Lipinski definition) is 1. The minimum absolute atomic E-state index is 0.640. The molecule has 0 aliphatic carbocycles. The van der Waals surface area contributed by atoms with Crippen molar-refractivity contribution >= 4 is 28.2 Å². The molecule has 4 heteroatoms. The van der Waals surface area contributed by atoms with E-state index >= 15 is 0 Å². The summed E-state index contributed by atoms with van der Waals surface area (Å²) in [6, 6.07) is 13.6. The zero-order valence-corrected chi connectivity index (χ0v) is 11.1. The van der Waals surface area contributed by atoms with Gasteiger partial charge in [0, 0.05) is 29.9 Å². The van der Waals surface area contributed by atoms with Crippen molar-refractivity contribution in [2.45, 2.75) is 0 Å². The average molecular weight is 270 g/mol. The van der Waals surface area contributed by atoms with Crippen LogP contribution in [0.1, 0.15) is 0 Å². The number of hydrogen-bond acceptors (Lipinski definition) is 3. The summed E-state index contributed by atoms with van der Waals surface area (Å²) in [7, 11) is 1.87. The highest BCUT2D eigenvalue weighted by Gasteiger charge is 2.08. The van der Waals surface area contributed by atoms with Gasteiger partial charge >= 0.3 is 0 Å². The zero-order valence-electron chi connectivity index (χ0n) is 10.4. The van der Waals surface area contributed by atoms with Gasteiger partial charge in [0.1, 0.15) is 0 Å². The van der Waals surface area contributed by atoms with E-state index in [-0.39, 0.29) is 0 Å². The summed E-state index contributed by atoms with van der Waals surface area (Å²) in [5, 5.41) is 4.76. The van der Waals surface area contributed by atoms with Gasteiger partial charge in [-0.3, -0.25) is 0 Å². The molecule has 0 fully saturated rings. The van der Waals surface area contributed by atoms with Gasteiger partial charge in [-0.2, -0.15) is 0 Å². The van der Waals surface area contributed by atoms with Gasteiger partial charge in [0.25, 0.3) is 0 Å². The summed E-state index contributed by atoms with van der Waals surface area (Å²) < 4.78 is 0. The minimum atomic E-state index is 0.640. The third-order valence-corrected chi connectivity index (χ3v) is 3.31. The Bertz CT molecular complexity index is 740. The van der Waals surface area contributed by atoms with Crippen molar-refractivity contribution in [2.24, 2.45) is 0 Å². The first kappa shape index (κ1) is 11.9. The lowest BCUT2D eigenvalue weighted by atomic mass is 10.1. The highest BCUT2D eigenvalue weighted by molar-refractivity contribution is 6.33. The number of nitrogens with zero attached hydrogens (tertiary/aromatic N) is 2. The smallest absolute Gasteiger partial charge is 0.161 e. The van der Waals surface area contributed by atoms with E-state index < -0.39 is 0 Å². The van der Waals surface area contributed by atoms with Gasteiger partial charge in [0.05, 0.1) is 10.5 Å². The highest BCUT2D eigenvalue weighted by atomic mass is 35.5. The summed E-state index contributed by atoms with van der Waals surface area (Å²) in [4.78, 5) is 8.95. The predicted octanol–water partition coefficient (Wildman–Crippen LogP) is 3.99. The summed E-state index contributed by atoms with van der Waals surface area (Å²) in [6.45, 7) is 0. The monoisotopic (exact) mass is 269 g/mol. The molecule has 0 amide bonds. The molecule has 0 aliphatic rings. The van der Waals surface area contributed by atoms with Gasteiger partial charge in [-0.15, -0.1) is 0 Å². The van der Waals surface area contributed by atoms with Gasteiger partial charge in [0.15, 0.2) is 5.82 Å². The molecule has 0 bridgehead atoms. The van der Waals surface area contributed by atoms with E-state index in [1.54, 1.807) is 0 Å². The maximum Gasteiger partial charge on any atom is 0.161 e. The van der Waals surface area contributed by atoms with Crippen LogP contribution in [0.2, 0.25) is 5.02 Å². The van der Waals surface area contributed by atoms with Crippen LogP contribution in [0.3, 0.4) is 0 Å². The lowest BCUT2D eigenvalue weighted by molar-refractivity contribution is 1.23. The maximum atomic E-state index is 6.23. The minimum Gasteiger partial charge on any atom is -0.388 e. The van der Waals surface area contributed by atoms with Crippen LogP contribution in [0.4, 0.5) is 5.69 Å². The molecule has 1 N–H and O–H groups in total. The summed E-state index contributed by atoms with van der Waals surface area (Å²) in [5.41, 5.74) is 2.73. The van der Waals surface area contributed by atoms with Crippen LogP contribution in [0, 0.1) is 0 Å². The molecule has 0 radical (unpaired) electrons. The molecule has 1 aromatic heterocycles. The predicted molar refractivity (Wildman–Crippen MR) is 79.5 cm³/mol. The number of nitrogens with one attached hydrogen (secondary N) is 1. The summed E-state index contributed by atoms with van der Waals surface area (Å²) >= 11 is 6.23. The van der Waals surface area contributed by atoms with Crippen molar-refractivity contribution in [3.05, 3.63) is 53.7 Å². The van der Waals surface area contributed by atoms with Crippen LogP contribution in [-0.4, -0.2) is 17.0 Å². The molecule has 0 atom stereocenters. The zero-order chi connectivity index (χ0) is 13.2. The topological polar surface area (TPSA) is 37.8 Å². The number of fused-ring (bicyclic) bond motifs is 1. The molecule has 1 heterocycles. The number of benzene rings is 2. The van der Waals surface area contributed by atoms with Crippen LogP contribution in [0.5, 0.6) is 0 Å². The second-order valence-electron chi connectivity index (χ2n) is 4.20. The maximum absolute atomic E-state index is 6.23. The normalized spacial score (nSPS) is 10.6. The van der Waals surface area contributed by atoms with Crippen LogP contribution in [0.15, 0.2) is 48.7 Å². The Balaban J connectivity index is 2.18. The molecule has 94 valence electrons. The number of halogens is 1. The second kappa shape index (κ2) is 4.86. The van der Waals surface area contributed by atoms with Gasteiger partial charge in [0.2, 0.25) is 0 Å². The fraction of sp³-hybridized carbons (Fsp3) is 0.0667. The molecule has 0 unspecified atom stereocenters. The van der Waals surface area contributed by atoms with E-state index in [1.807, 2.05) is 55.7 Å². The van der Waals surface area contributed by atoms with Crippen molar-refractivity contribution in [1.82, 2.24) is 9.97 Å². The Morgan fingerprint density at radius 1 is 1.11 bits per heavy atom. The largest absolute Gasteiger partial charge is 0.388 e. The molecule has 3 nitrogen and oxygen atoms in total. The Morgan fingerprint density at radius 2 is 1.95 bits per heavy atom. The summed E-state index contributed by atoms with van der Waals surface area (Å²) in [5.74, 6) is 0.640. The van der Waals surface area contributed by atoms with Crippen molar-refractivity contribution in [3.8, 4) is 11.4 Å². The molecule has 3 aromatic rings. The van der Waals surface area contributed by atoms with Gasteiger partial charge < -0.3 is 5.32 Å². The summed E-state index contributed by atoms with van der Waals surface area (Å²) in [6.07, 6.45) is 1.82. The molecule has 3 rings (SSSR count). The van der Waals surface area contributed by atoms with E-state index in [2.05, 4.69) is 15.3 Å². The molecular formula is C15H12ClN3. The number of rotatable bonds is 2. The fourth-order valence-electron chi connectivity index (χ4n) is 1.95. The van der Waals surface area contributed by atoms with Crippen molar-refractivity contribution in [3.63, 3.8) is 0 Å². The van der Waals surface area contributed by atoms with Crippen molar-refractivity contribution in [1.29, 1.82) is 0 Å². The van der Waals surface area contributed by atoms with E-state index in [0.29, 0.717) is 10.8 Å². The van der Waals surface area contributed by atoms with Gasteiger partial charge in [-0.25, -0.2) is 9.97 Å². The molecule has 0 saturated heterocycles. The van der Waals surface area contributed by atoms with E-state index in [9.17, 15) is 0 Å². The lowest BCUT2D eigenvalue weighted by Crippen LogP contribution is -1.93. The Labute approximate surface area is 116 Å². The number of aromatic nitrogens is 2.